The molecular formula is C15H25N3O2. The highest BCUT2D eigenvalue weighted by Gasteiger charge is 2.14. The van der Waals surface area contributed by atoms with E-state index in [4.69, 9.17) is 15.2 Å². The Hall–Kier alpha value is -1.46. The summed E-state index contributed by atoms with van der Waals surface area (Å²) in [5.41, 5.74) is 9.32. The van der Waals surface area contributed by atoms with E-state index in [2.05, 4.69) is 34.9 Å². The Morgan fingerprint density at radius 1 is 1.35 bits per heavy atom. The summed E-state index contributed by atoms with van der Waals surface area (Å²) in [6.45, 7) is 8.05. The number of rotatable bonds is 6. The van der Waals surface area contributed by atoms with Crippen molar-refractivity contribution in [1.82, 2.24) is 0 Å². The van der Waals surface area contributed by atoms with Gasteiger partial charge in [-0.05, 0) is 25.1 Å². The van der Waals surface area contributed by atoms with Crippen LogP contribution in [0.2, 0.25) is 0 Å². The van der Waals surface area contributed by atoms with Crippen LogP contribution in [0.25, 0.3) is 0 Å². The molecule has 2 N–H and O–H groups in total. The fourth-order valence-electron chi connectivity index (χ4n) is 2.50. The molecule has 0 spiro atoms. The SMILES string of the molecule is CCN(CCOC)c1ccc(N2CCOCC2)cc1N. The van der Waals surface area contributed by atoms with E-state index >= 15 is 0 Å². The number of nitrogens with two attached hydrogens (primary N) is 1. The molecule has 1 aromatic rings. The molecule has 5 heteroatoms. The van der Waals surface area contributed by atoms with Gasteiger partial charge in [-0.25, -0.2) is 0 Å². The molecule has 0 aromatic heterocycles. The van der Waals surface area contributed by atoms with Gasteiger partial charge in [-0.2, -0.15) is 0 Å². The van der Waals surface area contributed by atoms with Crippen molar-refractivity contribution in [3.8, 4) is 0 Å². The van der Waals surface area contributed by atoms with Gasteiger partial charge >= 0.3 is 0 Å². The summed E-state index contributed by atoms with van der Waals surface area (Å²) in [5.74, 6) is 0. The number of likely N-dealkylation sites (N-methyl/N-ethyl adjacent to an activating group) is 1. The standard InChI is InChI=1S/C15H25N3O2/c1-3-17(6-9-19-2)15-5-4-13(12-14(15)16)18-7-10-20-11-8-18/h4-5,12H,3,6-11,16H2,1-2H3. The molecule has 0 unspecified atom stereocenters. The number of methoxy groups -OCH3 is 1. The van der Waals surface area contributed by atoms with Crippen LogP contribution in [0, 0.1) is 0 Å². The minimum atomic E-state index is 0.707. The third-order valence-electron chi connectivity index (χ3n) is 3.68. The Bertz CT molecular complexity index is 420. The molecule has 0 saturated carbocycles. The maximum Gasteiger partial charge on any atom is 0.0642 e. The molecule has 1 heterocycles. The minimum Gasteiger partial charge on any atom is -0.397 e. The first-order valence-electron chi connectivity index (χ1n) is 7.22. The fraction of sp³-hybridized carbons (Fsp3) is 0.600. The van der Waals surface area contributed by atoms with Crippen LogP contribution in [0.5, 0.6) is 0 Å². The van der Waals surface area contributed by atoms with Crippen LogP contribution < -0.4 is 15.5 Å². The van der Waals surface area contributed by atoms with E-state index in [0.717, 1.165) is 50.8 Å². The number of nitrogens with zero attached hydrogens (tertiary/aromatic N) is 2. The second-order valence-electron chi connectivity index (χ2n) is 4.92. The lowest BCUT2D eigenvalue weighted by Gasteiger charge is -2.30. The predicted molar refractivity (Wildman–Crippen MR) is 83.6 cm³/mol. The molecule has 0 radical (unpaired) electrons. The summed E-state index contributed by atoms with van der Waals surface area (Å²) < 4.78 is 10.5. The third kappa shape index (κ3) is 3.55. The smallest absolute Gasteiger partial charge is 0.0642 e. The van der Waals surface area contributed by atoms with Gasteiger partial charge in [0.25, 0.3) is 0 Å². The molecule has 0 atom stereocenters. The van der Waals surface area contributed by atoms with E-state index in [1.54, 1.807) is 7.11 Å². The molecule has 112 valence electrons. The van der Waals surface area contributed by atoms with Gasteiger partial charge in [-0.1, -0.05) is 0 Å². The number of hydrogen-bond donors (Lipinski definition) is 1. The van der Waals surface area contributed by atoms with Crippen LogP contribution in [0.15, 0.2) is 18.2 Å². The molecule has 1 aliphatic rings. The van der Waals surface area contributed by atoms with Gasteiger partial charge in [0.1, 0.15) is 0 Å². The summed E-state index contributed by atoms with van der Waals surface area (Å²) >= 11 is 0. The van der Waals surface area contributed by atoms with Crippen LogP contribution in [0.3, 0.4) is 0 Å². The molecule has 1 aliphatic heterocycles. The average molecular weight is 279 g/mol. The van der Waals surface area contributed by atoms with E-state index in [-0.39, 0.29) is 0 Å². The van der Waals surface area contributed by atoms with Gasteiger partial charge in [-0.3, -0.25) is 0 Å². The lowest BCUT2D eigenvalue weighted by molar-refractivity contribution is 0.122. The first-order chi connectivity index (χ1) is 9.76. The molecule has 0 amide bonds. The minimum absolute atomic E-state index is 0.707. The molecule has 1 saturated heterocycles. The van der Waals surface area contributed by atoms with Gasteiger partial charge in [0.15, 0.2) is 0 Å². The normalized spacial score (nSPS) is 15.4. The van der Waals surface area contributed by atoms with Gasteiger partial charge in [0, 0.05) is 39.0 Å². The summed E-state index contributed by atoms with van der Waals surface area (Å²) in [6.07, 6.45) is 0. The Balaban J connectivity index is 2.11. The molecule has 5 nitrogen and oxygen atoms in total. The monoisotopic (exact) mass is 279 g/mol. The number of nitrogen functional groups attached to an aromatic ring is 1. The second kappa shape index (κ2) is 7.36. The van der Waals surface area contributed by atoms with Crippen LogP contribution in [0.1, 0.15) is 6.92 Å². The van der Waals surface area contributed by atoms with Crippen LogP contribution >= 0.6 is 0 Å². The number of ether oxygens (including phenoxy) is 2. The highest BCUT2D eigenvalue weighted by molar-refractivity contribution is 5.73. The highest BCUT2D eigenvalue weighted by atomic mass is 16.5. The lowest BCUT2D eigenvalue weighted by Crippen LogP contribution is -2.36. The Morgan fingerprint density at radius 2 is 2.10 bits per heavy atom. The zero-order valence-corrected chi connectivity index (χ0v) is 12.5. The van der Waals surface area contributed by atoms with Crippen molar-refractivity contribution in [3.05, 3.63) is 18.2 Å². The van der Waals surface area contributed by atoms with Crippen molar-refractivity contribution in [2.45, 2.75) is 6.92 Å². The van der Waals surface area contributed by atoms with Crippen LogP contribution in [-0.4, -0.2) is 53.1 Å². The summed E-state index contributed by atoms with van der Waals surface area (Å²) in [7, 11) is 1.72. The largest absolute Gasteiger partial charge is 0.397 e. The van der Waals surface area contributed by atoms with E-state index in [9.17, 15) is 0 Å². The molecule has 1 aromatic carbocycles. The van der Waals surface area contributed by atoms with Crippen molar-refractivity contribution in [2.24, 2.45) is 0 Å². The fourth-order valence-corrected chi connectivity index (χ4v) is 2.50. The van der Waals surface area contributed by atoms with Crippen molar-refractivity contribution < 1.29 is 9.47 Å². The molecule has 20 heavy (non-hydrogen) atoms. The van der Waals surface area contributed by atoms with Crippen molar-refractivity contribution in [3.63, 3.8) is 0 Å². The predicted octanol–water partition coefficient (Wildman–Crippen LogP) is 1.58. The second-order valence-corrected chi connectivity index (χ2v) is 4.92. The molecule has 2 rings (SSSR count). The zero-order chi connectivity index (χ0) is 14.4. The van der Waals surface area contributed by atoms with Gasteiger partial charge in [0.2, 0.25) is 0 Å². The van der Waals surface area contributed by atoms with Gasteiger partial charge in [-0.15, -0.1) is 0 Å². The number of hydrogen-bond acceptors (Lipinski definition) is 5. The average Bonchev–Trinajstić information content (AvgIpc) is 2.50. The van der Waals surface area contributed by atoms with Crippen molar-refractivity contribution in [2.75, 3.05) is 68.6 Å². The highest BCUT2D eigenvalue weighted by Crippen LogP contribution is 2.28. The van der Waals surface area contributed by atoms with E-state index in [0.29, 0.717) is 6.61 Å². The van der Waals surface area contributed by atoms with E-state index in [1.165, 1.54) is 5.69 Å². The quantitative estimate of drug-likeness (QED) is 0.801. The topological polar surface area (TPSA) is 51.0 Å². The van der Waals surface area contributed by atoms with Gasteiger partial charge in [0.05, 0.1) is 31.2 Å². The van der Waals surface area contributed by atoms with Crippen LogP contribution in [0.4, 0.5) is 17.1 Å². The van der Waals surface area contributed by atoms with E-state index < -0.39 is 0 Å². The maximum atomic E-state index is 6.24. The Kier molecular flexibility index (Phi) is 5.49. The summed E-state index contributed by atoms with van der Waals surface area (Å²) in [6, 6.07) is 6.32. The summed E-state index contributed by atoms with van der Waals surface area (Å²) in [4.78, 5) is 4.55. The summed E-state index contributed by atoms with van der Waals surface area (Å²) in [5, 5.41) is 0. The zero-order valence-electron chi connectivity index (χ0n) is 12.5. The molecule has 1 fully saturated rings. The number of anilines is 3. The van der Waals surface area contributed by atoms with E-state index in [1.807, 2.05) is 0 Å². The molecular weight excluding hydrogens is 254 g/mol. The maximum absolute atomic E-state index is 6.24. The third-order valence-corrected chi connectivity index (χ3v) is 3.68. The lowest BCUT2D eigenvalue weighted by atomic mass is 10.2. The Morgan fingerprint density at radius 3 is 2.70 bits per heavy atom. The first-order valence-corrected chi connectivity index (χ1v) is 7.22. The van der Waals surface area contributed by atoms with Gasteiger partial charge < -0.3 is 25.0 Å². The first kappa shape index (κ1) is 14.9. The van der Waals surface area contributed by atoms with Crippen molar-refractivity contribution >= 4 is 17.1 Å². The molecule has 0 aliphatic carbocycles. The Labute approximate surface area is 121 Å². The number of morpholine rings is 1. The van der Waals surface area contributed by atoms with Crippen molar-refractivity contribution in [1.29, 1.82) is 0 Å². The number of benzene rings is 1. The van der Waals surface area contributed by atoms with Crippen LogP contribution in [-0.2, 0) is 9.47 Å². The molecule has 0 bridgehead atoms.